The molecule has 1 aromatic rings. The number of nitrogen functional groups attached to an aromatic ring is 1. The van der Waals surface area contributed by atoms with Crippen molar-refractivity contribution in [3.05, 3.63) is 5.56 Å². The van der Waals surface area contributed by atoms with Gasteiger partial charge < -0.3 is 21.7 Å². The van der Waals surface area contributed by atoms with Crippen LogP contribution < -0.4 is 21.7 Å². The summed E-state index contributed by atoms with van der Waals surface area (Å²) in [6.07, 6.45) is 2.01. The molecule has 0 atom stereocenters. The van der Waals surface area contributed by atoms with Crippen LogP contribution in [-0.4, -0.2) is 35.3 Å². The van der Waals surface area contributed by atoms with Crippen LogP contribution in [-0.2, 0) is 4.79 Å². The molecule has 0 bridgehead atoms. The lowest BCUT2D eigenvalue weighted by Crippen LogP contribution is -2.30. The SMILES string of the molecule is CCNC(=O)CNc1snc(N)c1C(=O)NC1CC1. The lowest BCUT2D eigenvalue weighted by atomic mass is 10.3. The van der Waals surface area contributed by atoms with Gasteiger partial charge in [-0.2, -0.15) is 4.37 Å². The first-order chi connectivity index (χ1) is 9.11. The third kappa shape index (κ3) is 3.57. The fourth-order valence-corrected chi connectivity index (χ4v) is 2.25. The normalized spacial score (nSPS) is 13.9. The zero-order valence-corrected chi connectivity index (χ0v) is 11.5. The van der Waals surface area contributed by atoms with Crippen molar-refractivity contribution in [1.29, 1.82) is 0 Å². The van der Waals surface area contributed by atoms with E-state index < -0.39 is 0 Å². The van der Waals surface area contributed by atoms with Crippen LogP contribution in [0.3, 0.4) is 0 Å². The predicted molar refractivity (Wildman–Crippen MR) is 74.2 cm³/mol. The lowest BCUT2D eigenvalue weighted by Gasteiger charge is -2.07. The molecule has 1 saturated carbocycles. The van der Waals surface area contributed by atoms with Gasteiger partial charge in [0, 0.05) is 12.6 Å². The van der Waals surface area contributed by atoms with Gasteiger partial charge in [-0.1, -0.05) is 0 Å². The van der Waals surface area contributed by atoms with Crippen molar-refractivity contribution in [3.8, 4) is 0 Å². The summed E-state index contributed by atoms with van der Waals surface area (Å²) < 4.78 is 3.95. The van der Waals surface area contributed by atoms with Gasteiger partial charge in [0.25, 0.3) is 5.91 Å². The summed E-state index contributed by atoms with van der Waals surface area (Å²) in [6, 6.07) is 0.253. The quantitative estimate of drug-likeness (QED) is 0.595. The average molecular weight is 283 g/mol. The van der Waals surface area contributed by atoms with E-state index >= 15 is 0 Å². The molecule has 0 aromatic carbocycles. The van der Waals surface area contributed by atoms with Crippen LogP contribution in [0.5, 0.6) is 0 Å². The number of amides is 2. The van der Waals surface area contributed by atoms with E-state index in [-0.39, 0.29) is 30.2 Å². The Morgan fingerprint density at radius 3 is 2.84 bits per heavy atom. The number of carbonyl (C=O) groups is 2. The Morgan fingerprint density at radius 1 is 1.47 bits per heavy atom. The molecule has 0 spiro atoms. The molecule has 0 radical (unpaired) electrons. The van der Waals surface area contributed by atoms with Crippen molar-refractivity contribution in [1.82, 2.24) is 15.0 Å². The monoisotopic (exact) mass is 283 g/mol. The highest BCUT2D eigenvalue weighted by Gasteiger charge is 2.27. The summed E-state index contributed by atoms with van der Waals surface area (Å²) >= 11 is 1.09. The summed E-state index contributed by atoms with van der Waals surface area (Å²) in [6.45, 7) is 2.51. The van der Waals surface area contributed by atoms with E-state index in [1.165, 1.54) is 0 Å². The van der Waals surface area contributed by atoms with Gasteiger partial charge in [-0.15, -0.1) is 0 Å². The molecule has 8 heteroatoms. The standard InChI is InChI=1S/C11H17N5O2S/c1-2-13-7(17)5-14-11-8(9(12)16-19-11)10(18)15-6-3-4-6/h6,14H,2-5H2,1H3,(H2,12,16)(H,13,17)(H,15,18). The first-order valence-electron chi connectivity index (χ1n) is 6.18. The number of nitrogens with zero attached hydrogens (tertiary/aromatic N) is 1. The largest absolute Gasteiger partial charge is 0.382 e. The molecule has 19 heavy (non-hydrogen) atoms. The molecule has 1 aromatic heterocycles. The van der Waals surface area contributed by atoms with Gasteiger partial charge in [0.2, 0.25) is 5.91 Å². The molecule has 0 saturated heterocycles. The van der Waals surface area contributed by atoms with Gasteiger partial charge >= 0.3 is 0 Å². The van der Waals surface area contributed by atoms with Crippen LogP contribution in [0.15, 0.2) is 0 Å². The van der Waals surface area contributed by atoms with Crippen LogP contribution in [0, 0.1) is 0 Å². The van der Waals surface area contributed by atoms with Gasteiger partial charge in [0.15, 0.2) is 5.82 Å². The van der Waals surface area contributed by atoms with Gasteiger partial charge in [0.1, 0.15) is 10.6 Å². The van der Waals surface area contributed by atoms with E-state index in [0.717, 1.165) is 24.4 Å². The molecule has 0 unspecified atom stereocenters. The molecule has 1 aliphatic rings. The maximum absolute atomic E-state index is 12.0. The second-order valence-corrected chi connectivity index (χ2v) is 5.10. The minimum atomic E-state index is -0.229. The number of carbonyl (C=O) groups excluding carboxylic acids is 2. The highest BCUT2D eigenvalue weighted by Crippen LogP contribution is 2.28. The van der Waals surface area contributed by atoms with Gasteiger partial charge in [-0.3, -0.25) is 9.59 Å². The summed E-state index contributed by atoms with van der Waals surface area (Å²) in [5, 5.41) is 8.95. The maximum Gasteiger partial charge on any atom is 0.258 e. The van der Waals surface area contributed by atoms with Crippen LogP contribution >= 0.6 is 11.5 Å². The highest BCUT2D eigenvalue weighted by atomic mass is 32.1. The highest BCUT2D eigenvalue weighted by molar-refractivity contribution is 7.11. The summed E-state index contributed by atoms with van der Waals surface area (Å²) in [7, 11) is 0. The number of hydrogen-bond acceptors (Lipinski definition) is 6. The topological polar surface area (TPSA) is 109 Å². The molecule has 5 N–H and O–H groups in total. The van der Waals surface area contributed by atoms with E-state index in [1.807, 2.05) is 6.92 Å². The van der Waals surface area contributed by atoms with Crippen LogP contribution in [0.4, 0.5) is 10.8 Å². The molecular formula is C11H17N5O2S. The lowest BCUT2D eigenvalue weighted by molar-refractivity contribution is -0.119. The number of nitrogens with one attached hydrogen (secondary N) is 3. The van der Waals surface area contributed by atoms with Crippen molar-refractivity contribution in [2.24, 2.45) is 0 Å². The van der Waals surface area contributed by atoms with E-state index in [0.29, 0.717) is 17.1 Å². The number of hydrogen-bond donors (Lipinski definition) is 4. The van der Waals surface area contributed by atoms with E-state index in [9.17, 15) is 9.59 Å². The Labute approximate surface area is 115 Å². The molecule has 2 amide bonds. The van der Waals surface area contributed by atoms with Crippen molar-refractivity contribution in [2.75, 3.05) is 24.1 Å². The molecule has 1 fully saturated rings. The third-order valence-electron chi connectivity index (χ3n) is 2.64. The Morgan fingerprint density at radius 2 is 2.21 bits per heavy atom. The minimum absolute atomic E-state index is 0.0964. The van der Waals surface area contributed by atoms with Gasteiger partial charge in [0.05, 0.1) is 6.54 Å². The fourth-order valence-electron chi connectivity index (χ4n) is 1.55. The van der Waals surface area contributed by atoms with Gasteiger partial charge in [-0.25, -0.2) is 0 Å². The van der Waals surface area contributed by atoms with Crippen molar-refractivity contribution < 1.29 is 9.59 Å². The fraction of sp³-hybridized carbons (Fsp3) is 0.545. The molecule has 1 aliphatic carbocycles. The molecule has 0 aliphatic heterocycles. The second-order valence-electron chi connectivity index (χ2n) is 4.33. The smallest absolute Gasteiger partial charge is 0.258 e. The number of nitrogens with two attached hydrogens (primary N) is 1. The van der Waals surface area contributed by atoms with Crippen molar-refractivity contribution >= 4 is 34.2 Å². The zero-order valence-electron chi connectivity index (χ0n) is 10.7. The second kappa shape index (κ2) is 5.87. The van der Waals surface area contributed by atoms with Crippen LogP contribution in [0.1, 0.15) is 30.1 Å². The predicted octanol–water partition coefficient (Wildman–Crippen LogP) is 0.166. The third-order valence-corrected chi connectivity index (χ3v) is 3.46. The molecule has 7 nitrogen and oxygen atoms in total. The Hall–Kier alpha value is -1.83. The van der Waals surface area contributed by atoms with Crippen LogP contribution in [0.25, 0.3) is 0 Å². The number of rotatable bonds is 6. The zero-order chi connectivity index (χ0) is 13.8. The van der Waals surface area contributed by atoms with Gasteiger partial charge in [-0.05, 0) is 31.3 Å². The molecule has 1 heterocycles. The summed E-state index contributed by atoms with van der Waals surface area (Å²) in [5.41, 5.74) is 6.04. The Balaban J connectivity index is 1.99. The van der Waals surface area contributed by atoms with E-state index in [2.05, 4.69) is 20.3 Å². The average Bonchev–Trinajstić information content (AvgIpc) is 3.09. The Kier molecular flexibility index (Phi) is 4.20. The van der Waals surface area contributed by atoms with Crippen molar-refractivity contribution in [2.45, 2.75) is 25.8 Å². The first kappa shape index (κ1) is 13.6. The maximum atomic E-state index is 12.0. The first-order valence-corrected chi connectivity index (χ1v) is 6.95. The van der Waals surface area contributed by atoms with Crippen molar-refractivity contribution in [3.63, 3.8) is 0 Å². The number of likely N-dealkylation sites (N-methyl/N-ethyl adjacent to an activating group) is 1. The van der Waals surface area contributed by atoms with E-state index in [1.54, 1.807) is 0 Å². The summed E-state index contributed by atoms with van der Waals surface area (Å²) in [5.74, 6) is -0.170. The van der Waals surface area contributed by atoms with E-state index in [4.69, 9.17) is 5.73 Å². The molecule has 104 valence electrons. The van der Waals surface area contributed by atoms with Crippen LogP contribution in [0.2, 0.25) is 0 Å². The molecular weight excluding hydrogens is 266 g/mol. The number of aromatic nitrogens is 1. The minimum Gasteiger partial charge on any atom is -0.382 e. The Bertz CT molecular complexity index is 483. The summed E-state index contributed by atoms with van der Waals surface area (Å²) in [4.78, 5) is 23.4. The molecule has 2 rings (SSSR count). The number of anilines is 2.